The van der Waals surface area contributed by atoms with Crippen LogP contribution in [0.4, 0.5) is 0 Å². The molecule has 0 unspecified atom stereocenters. The largest absolute Gasteiger partial charge is 0.494 e. The minimum Gasteiger partial charge on any atom is -0.494 e. The van der Waals surface area contributed by atoms with Crippen molar-refractivity contribution < 1.29 is 19.4 Å². The summed E-state index contributed by atoms with van der Waals surface area (Å²) in [6.45, 7) is 2.15. The van der Waals surface area contributed by atoms with E-state index in [1.807, 2.05) is 6.92 Å². The molecule has 0 aromatic heterocycles. The van der Waals surface area contributed by atoms with Gasteiger partial charge in [0.25, 0.3) is 5.91 Å². The van der Waals surface area contributed by atoms with Crippen LogP contribution in [0.2, 0.25) is 0 Å². The number of benzene rings is 1. The van der Waals surface area contributed by atoms with Crippen molar-refractivity contribution in [2.45, 2.75) is 32.2 Å². The van der Waals surface area contributed by atoms with Crippen LogP contribution in [0.3, 0.4) is 0 Å². The van der Waals surface area contributed by atoms with Crippen molar-refractivity contribution in [1.29, 1.82) is 0 Å². The lowest BCUT2D eigenvalue weighted by Crippen LogP contribution is -2.46. The molecule has 1 amide bonds. The van der Waals surface area contributed by atoms with Gasteiger partial charge in [-0.25, -0.2) is 0 Å². The normalized spacial score (nSPS) is 14.4. The number of carbonyl (C=O) groups is 2. The Balaban J connectivity index is 2.17. The quantitative estimate of drug-likeness (QED) is 0.865. The van der Waals surface area contributed by atoms with E-state index in [0.717, 1.165) is 19.3 Å². The molecular weight excluding hydrogens is 258 g/mol. The zero-order valence-corrected chi connectivity index (χ0v) is 11.5. The smallest absolute Gasteiger partial charge is 0.323 e. The van der Waals surface area contributed by atoms with Crippen LogP contribution in [0.5, 0.6) is 5.75 Å². The molecule has 0 bridgehead atoms. The van der Waals surface area contributed by atoms with Crippen LogP contribution >= 0.6 is 0 Å². The Bertz CT molecular complexity index is 496. The van der Waals surface area contributed by atoms with Crippen molar-refractivity contribution in [3.05, 3.63) is 29.8 Å². The van der Waals surface area contributed by atoms with Gasteiger partial charge < -0.3 is 14.7 Å². The molecule has 2 rings (SSSR count). The van der Waals surface area contributed by atoms with Crippen molar-refractivity contribution in [1.82, 2.24) is 4.90 Å². The maximum Gasteiger partial charge on any atom is 0.323 e. The standard InChI is InChI=1S/C15H19NO4/c1-2-20-13-8-3-5-11(9-13)15(19)16(10-14(17)18)12-6-4-7-12/h3,5,8-9,12H,2,4,6-7,10H2,1H3,(H,17,18). The number of carbonyl (C=O) groups excluding carboxylic acids is 1. The van der Waals surface area contributed by atoms with Gasteiger partial charge in [0.05, 0.1) is 6.61 Å². The average Bonchev–Trinajstić information content (AvgIpc) is 2.35. The van der Waals surface area contributed by atoms with Crippen LogP contribution in [0.15, 0.2) is 24.3 Å². The molecule has 1 aliphatic carbocycles. The van der Waals surface area contributed by atoms with Crippen molar-refractivity contribution >= 4 is 11.9 Å². The number of ether oxygens (including phenoxy) is 1. The molecule has 0 radical (unpaired) electrons. The maximum atomic E-state index is 12.5. The van der Waals surface area contributed by atoms with Gasteiger partial charge in [-0.15, -0.1) is 0 Å². The zero-order valence-electron chi connectivity index (χ0n) is 11.5. The predicted octanol–water partition coefficient (Wildman–Crippen LogP) is 2.16. The topological polar surface area (TPSA) is 66.8 Å². The van der Waals surface area contributed by atoms with E-state index in [2.05, 4.69) is 0 Å². The first-order chi connectivity index (χ1) is 9.61. The third-order valence-corrected chi connectivity index (χ3v) is 3.47. The number of nitrogens with zero attached hydrogens (tertiary/aromatic N) is 1. The first-order valence-corrected chi connectivity index (χ1v) is 6.87. The fourth-order valence-electron chi connectivity index (χ4n) is 2.26. The van der Waals surface area contributed by atoms with E-state index in [1.54, 1.807) is 24.3 Å². The highest BCUT2D eigenvalue weighted by Gasteiger charge is 2.30. The van der Waals surface area contributed by atoms with E-state index < -0.39 is 5.97 Å². The Morgan fingerprint density at radius 1 is 1.40 bits per heavy atom. The molecule has 0 atom stereocenters. The molecule has 0 aliphatic heterocycles. The SMILES string of the molecule is CCOc1cccc(C(=O)N(CC(=O)O)C2CCC2)c1. The molecule has 0 spiro atoms. The third kappa shape index (κ3) is 3.29. The van der Waals surface area contributed by atoms with Gasteiger partial charge in [0.2, 0.25) is 0 Å². The lowest BCUT2D eigenvalue weighted by atomic mass is 9.91. The van der Waals surface area contributed by atoms with Gasteiger partial charge in [0.15, 0.2) is 0 Å². The molecule has 1 fully saturated rings. The van der Waals surface area contributed by atoms with Crippen LogP contribution in [0.1, 0.15) is 36.5 Å². The van der Waals surface area contributed by atoms with Gasteiger partial charge in [-0.3, -0.25) is 9.59 Å². The summed E-state index contributed by atoms with van der Waals surface area (Å²) in [5.41, 5.74) is 0.476. The summed E-state index contributed by atoms with van der Waals surface area (Å²) >= 11 is 0. The molecule has 0 heterocycles. The van der Waals surface area contributed by atoms with E-state index >= 15 is 0 Å². The van der Waals surface area contributed by atoms with Crippen molar-refractivity contribution in [3.63, 3.8) is 0 Å². The molecule has 108 valence electrons. The molecule has 1 aromatic carbocycles. The zero-order chi connectivity index (χ0) is 14.5. The van der Waals surface area contributed by atoms with E-state index in [-0.39, 0.29) is 18.5 Å². The Morgan fingerprint density at radius 2 is 2.15 bits per heavy atom. The van der Waals surface area contributed by atoms with Crippen LogP contribution < -0.4 is 4.74 Å². The van der Waals surface area contributed by atoms with Crippen LogP contribution in [-0.4, -0.2) is 41.1 Å². The number of aliphatic carboxylic acids is 1. The number of hydrogen-bond donors (Lipinski definition) is 1. The average molecular weight is 277 g/mol. The summed E-state index contributed by atoms with van der Waals surface area (Å²) in [6.07, 6.45) is 2.81. The summed E-state index contributed by atoms with van der Waals surface area (Å²) in [4.78, 5) is 24.9. The number of rotatable bonds is 6. The number of amides is 1. The van der Waals surface area contributed by atoms with E-state index in [4.69, 9.17) is 9.84 Å². The molecule has 20 heavy (non-hydrogen) atoms. The fourth-order valence-corrected chi connectivity index (χ4v) is 2.26. The molecule has 1 saturated carbocycles. The highest BCUT2D eigenvalue weighted by atomic mass is 16.5. The van der Waals surface area contributed by atoms with Crippen LogP contribution in [0.25, 0.3) is 0 Å². The Hall–Kier alpha value is -2.04. The summed E-state index contributed by atoms with van der Waals surface area (Å²) in [6, 6.07) is 6.94. The molecule has 1 aliphatic rings. The molecule has 0 saturated heterocycles. The second-order valence-corrected chi connectivity index (χ2v) is 4.87. The monoisotopic (exact) mass is 277 g/mol. The van der Waals surface area contributed by atoms with Crippen LogP contribution in [0, 0.1) is 0 Å². The summed E-state index contributed by atoms with van der Waals surface area (Å²) in [5, 5.41) is 8.97. The fraction of sp³-hybridized carbons (Fsp3) is 0.467. The molecule has 5 nitrogen and oxygen atoms in total. The number of carboxylic acid groups (broad SMARTS) is 1. The van der Waals surface area contributed by atoms with Crippen LogP contribution in [-0.2, 0) is 4.79 Å². The maximum absolute atomic E-state index is 12.5. The molecular formula is C15H19NO4. The number of carboxylic acids is 1. The van der Waals surface area contributed by atoms with Gasteiger partial charge in [0.1, 0.15) is 12.3 Å². The first-order valence-electron chi connectivity index (χ1n) is 6.87. The lowest BCUT2D eigenvalue weighted by molar-refractivity contribution is -0.138. The van der Waals surface area contributed by atoms with E-state index in [9.17, 15) is 9.59 Å². The minimum atomic E-state index is -0.980. The minimum absolute atomic E-state index is 0.0503. The lowest BCUT2D eigenvalue weighted by Gasteiger charge is -2.36. The Labute approximate surface area is 118 Å². The predicted molar refractivity (Wildman–Crippen MR) is 73.9 cm³/mol. The number of hydrogen-bond acceptors (Lipinski definition) is 3. The summed E-state index contributed by atoms with van der Waals surface area (Å²) < 4.78 is 5.37. The second kappa shape index (κ2) is 6.41. The van der Waals surface area contributed by atoms with Gasteiger partial charge in [-0.1, -0.05) is 6.07 Å². The van der Waals surface area contributed by atoms with Crippen molar-refractivity contribution in [2.24, 2.45) is 0 Å². The first kappa shape index (κ1) is 14.4. The van der Waals surface area contributed by atoms with Crippen molar-refractivity contribution in [2.75, 3.05) is 13.2 Å². The summed E-state index contributed by atoms with van der Waals surface area (Å²) in [7, 11) is 0. The van der Waals surface area contributed by atoms with E-state index in [0.29, 0.717) is 17.9 Å². The summed E-state index contributed by atoms with van der Waals surface area (Å²) in [5.74, 6) is -0.591. The van der Waals surface area contributed by atoms with Gasteiger partial charge in [0, 0.05) is 11.6 Å². The molecule has 1 aromatic rings. The van der Waals surface area contributed by atoms with E-state index in [1.165, 1.54) is 4.90 Å². The van der Waals surface area contributed by atoms with Gasteiger partial charge in [-0.2, -0.15) is 0 Å². The molecule has 1 N–H and O–H groups in total. The Kier molecular flexibility index (Phi) is 4.61. The van der Waals surface area contributed by atoms with Crippen molar-refractivity contribution in [3.8, 4) is 5.75 Å². The third-order valence-electron chi connectivity index (χ3n) is 3.47. The second-order valence-electron chi connectivity index (χ2n) is 4.87. The van der Waals surface area contributed by atoms with Gasteiger partial charge >= 0.3 is 5.97 Å². The highest BCUT2D eigenvalue weighted by Crippen LogP contribution is 2.26. The molecule has 5 heteroatoms. The van der Waals surface area contributed by atoms with Gasteiger partial charge in [-0.05, 0) is 44.4 Å². The highest BCUT2D eigenvalue weighted by molar-refractivity contribution is 5.96. The Morgan fingerprint density at radius 3 is 2.70 bits per heavy atom.